The van der Waals surface area contributed by atoms with Crippen LogP contribution in [-0.4, -0.2) is 50.8 Å². The van der Waals surface area contributed by atoms with Crippen molar-refractivity contribution in [1.29, 1.82) is 0 Å². The third kappa shape index (κ3) is 3.58. The van der Waals surface area contributed by atoms with Crippen LogP contribution in [0.25, 0.3) is 0 Å². The van der Waals surface area contributed by atoms with Crippen molar-refractivity contribution in [3.8, 4) is 5.75 Å². The Labute approximate surface area is 149 Å². The molecule has 136 valence electrons. The van der Waals surface area contributed by atoms with Crippen LogP contribution in [-0.2, 0) is 4.79 Å². The number of carbonyl (C=O) groups is 2. The van der Waals surface area contributed by atoms with E-state index in [0.717, 1.165) is 5.56 Å². The smallest absolute Gasteiger partial charge is 0.348 e. The summed E-state index contributed by atoms with van der Waals surface area (Å²) in [5.41, 5.74) is -0.594. The van der Waals surface area contributed by atoms with E-state index < -0.39 is 17.1 Å². The molecule has 1 saturated heterocycles. The van der Waals surface area contributed by atoms with Gasteiger partial charge in [0.15, 0.2) is 0 Å². The second-order valence-electron chi connectivity index (χ2n) is 6.31. The highest BCUT2D eigenvalue weighted by Gasteiger charge is 2.45. The lowest BCUT2D eigenvalue weighted by atomic mass is 9.90. The SMILES string of the molecule is Cc1ccc(OC2(C(=O)O)CCN(C(=O)c3ccc(=O)[nH]n3)CC2)cc1. The number of aryl methyl sites for hydroxylation is 1. The minimum Gasteiger partial charge on any atom is -0.478 e. The van der Waals surface area contributed by atoms with E-state index in [2.05, 4.69) is 10.2 Å². The van der Waals surface area contributed by atoms with E-state index in [4.69, 9.17) is 4.74 Å². The van der Waals surface area contributed by atoms with Crippen molar-refractivity contribution < 1.29 is 19.4 Å². The first-order chi connectivity index (χ1) is 12.4. The van der Waals surface area contributed by atoms with Crippen LogP contribution in [0.5, 0.6) is 5.75 Å². The minimum atomic E-state index is -1.37. The zero-order valence-corrected chi connectivity index (χ0v) is 14.3. The summed E-state index contributed by atoms with van der Waals surface area (Å²) in [5, 5.41) is 15.6. The van der Waals surface area contributed by atoms with Gasteiger partial charge in [-0.25, -0.2) is 9.89 Å². The number of nitrogens with one attached hydrogen (secondary N) is 1. The largest absolute Gasteiger partial charge is 0.478 e. The Balaban J connectivity index is 1.71. The Bertz CT molecular complexity index is 847. The lowest BCUT2D eigenvalue weighted by Crippen LogP contribution is -2.54. The second kappa shape index (κ2) is 6.99. The van der Waals surface area contributed by atoms with Gasteiger partial charge < -0.3 is 14.7 Å². The van der Waals surface area contributed by atoms with Crippen LogP contribution >= 0.6 is 0 Å². The minimum absolute atomic E-state index is 0.117. The number of ether oxygens (including phenoxy) is 1. The van der Waals surface area contributed by atoms with Crippen LogP contribution in [0.3, 0.4) is 0 Å². The molecular formula is C18H19N3O5. The lowest BCUT2D eigenvalue weighted by molar-refractivity contribution is -0.159. The third-order valence-corrected chi connectivity index (χ3v) is 4.48. The van der Waals surface area contributed by atoms with Gasteiger partial charge >= 0.3 is 5.97 Å². The first-order valence-electron chi connectivity index (χ1n) is 8.24. The van der Waals surface area contributed by atoms with E-state index in [0.29, 0.717) is 5.75 Å². The molecule has 3 rings (SSSR count). The maximum absolute atomic E-state index is 12.4. The number of hydrogen-bond acceptors (Lipinski definition) is 5. The molecule has 1 aliphatic rings. The molecule has 1 aromatic heterocycles. The Morgan fingerprint density at radius 1 is 1.15 bits per heavy atom. The highest BCUT2D eigenvalue weighted by molar-refractivity contribution is 5.92. The molecule has 0 aliphatic carbocycles. The van der Waals surface area contributed by atoms with Crippen LogP contribution < -0.4 is 10.3 Å². The van der Waals surface area contributed by atoms with Crippen molar-refractivity contribution >= 4 is 11.9 Å². The zero-order valence-electron chi connectivity index (χ0n) is 14.3. The summed E-state index contributed by atoms with van der Waals surface area (Å²) in [7, 11) is 0. The number of aromatic amines is 1. The Hall–Kier alpha value is -3.16. The number of H-pyrrole nitrogens is 1. The van der Waals surface area contributed by atoms with Crippen molar-refractivity contribution in [3.05, 3.63) is 58.0 Å². The van der Waals surface area contributed by atoms with E-state index in [-0.39, 0.29) is 37.5 Å². The van der Waals surface area contributed by atoms with Crippen molar-refractivity contribution in [3.63, 3.8) is 0 Å². The summed E-state index contributed by atoms with van der Waals surface area (Å²) >= 11 is 0. The number of aromatic nitrogens is 2. The van der Waals surface area contributed by atoms with Crippen molar-refractivity contribution in [2.75, 3.05) is 13.1 Å². The molecule has 1 amide bonds. The average Bonchev–Trinajstić information content (AvgIpc) is 2.64. The number of rotatable bonds is 4. The van der Waals surface area contributed by atoms with Gasteiger partial charge in [-0.3, -0.25) is 9.59 Å². The fourth-order valence-corrected chi connectivity index (χ4v) is 2.89. The van der Waals surface area contributed by atoms with E-state index >= 15 is 0 Å². The number of likely N-dealkylation sites (tertiary alicyclic amines) is 1. The molecule has 1 fully saturated rings. The van der Waals surface area contributed by atoms with Crippen molar-refractivity contribution in [2.45, 2.75) is 25.4 Å². The van der Waals surface area contributed by atoms with Crippen LogP contribution in [0.15, 0.2) is 41.2 Å². The van der Waals surface area contributed by atoms with Gasteiger partial charge in [0.25, 0.3) is 11.5 Å². The molecule has 1 aliphatic heterocycles. The number of carboxylic acids is 1. The molecule has 1 aromatic carbocycles. The normalized spacial score (nSPS) is 16.1. The standard InChI is InChI=1S/C18H19N3O5/c1-12-2-4-13(5-3-12)26-18(17(24)25)8-10-21(11-9-18)16(23)14-6-7-15(22)20-19-14/h2-7H,8-11H2,1H3,(H,20,22)(H,24,25). The number of hydrogen-bond donors (Lipinski definition) is 2. The quantitative estimate of drug-likeness (QED) is 0.851. The van der Waals surface area contributed by atoms with Gasteiger partial charge in [0.05, 0.1) is 0 Å². The average molecular weight is 357 g/mol. The van der Waals surface area contributed by atoms with Gasteiger partial charge in [-0.15, -0.1) is 0 Å². The highest BCUT2D eigenvalue weighted by atomic mass is 16.5. The number of piperidine rings is 1. The number of carbonyl (C=O) groups excluding carboxylic acids is 1. The van der Waals surface area contributed by atoms with Gasteiger partial charge in [0, 0.05) is 32.0 Å². The summed E-state index contributed by atoms with van der Waals surface area (Å²) in [6.45, 7) is 2.38. The third-order valence-electron chi connectivity index (χ3n) is 4.48. The van der Waals surface area contributed by atoms with Crippen LogP contribution in [0, 0.1) is 6.92 Å². The molecule has 8 heteroatoms. The molecule has 8 nitrogen and oxygen atoms in total. The molecule has 0 spiro atoms. The van der Waals surface area contributed by atoms with Gasteiger partial charge in [-0.05, 0) is 25.1 Å². The summed E-state index contributed by atoms with van der Waals surface area (Å²) in [4.78, 5) is 36.9. The summed E-state index contributed by atoms with van der Waals surface area (Å²) < 4.78 is 5.81. The van der Waals surface area contributed by atoms with E-state index in [1.807, 2.05) is 19.1 Å². The van der Waals surface area contributed by atoms with Gasteiger partial charge in [-0.1, -0.05) is 17.7 Å². The first kappa shape index (κ1) is 17.7. The Morgan fingerprint density at radius 3 is 2.35 bits per heavy atom. The number of carboxylic acid groups (broad SMARTS) is 1. The number of aliphatic carboxylic acids is 1. The molecule has 26 heavy (non-hydrogen) atoms. The predicted octanol–water partition coefficient (Wildman–Crippen LogP) is 1.22. The molecule has 0 unspecified atom stereocenters. The van der Waals surface area contributed by atoms with Crippen molar-refractivity contribution in [1.82, 2.24) is 15.1 Å². The van der Waals surface area contributed by atoms with Crippen LogP contribution in [0.4, 0.5) is 0 Å². The fourth-order valence-electron chi connectivity index (χ4n) is 2.89. The highest BCUT2D eigenvalue weighted by Crippen LogP contribution is 2.30. The van der Waals surface area contributed by atoms with Gasteiger partial charge in [0.1, 0.15) is 11.4 Å². The molecular weight excluding hydrogens is 338 g/mol. The predicted molar refractivity (Wildman–Crippen MR) is 92.2 cm³/mol. The van der Waals surface area contributed by atoms with E-state index in [1.54, 1.807) is 12.1 Å². The zero-order chi connectivity index (χ0) is 18.7. The topological polar surface area (TPSA) is 113 Å². The molecule has 0 atom stereocenters. The van der Waals surface area contributed by atoms with Crippen molar-refractivity contribution in [2.24, 2.45) is 0 Å². The summed E-state index contributed by atoms with van der Waals surface area (Å²) in [5.74, 6) is -0.914. The molecule has 2 aromatic rings. The van der Waals surface area contributed by atoms with Gasteiger partial charge in [-0.2, -0.15) is 5.10 Å². The fraction of sp³-hybridized carbons (Fsp3) is 0.333. The molecule has 0 radical (unpaired) electrons. The monoisotopic (exact) mass is 357 g/mol. The van der Waals surface area contributed by atoms with E-state index in [1.165, 1.54) is 17.0 Å². The van der Waals surface area contributed by atoms with E-state index in [9.17, 15) is 19.5 Å². The molecule has 2 N–H and O–H groups in total. The van der Waals surface area contributed by atoms with Crippen LogP contribution in [0.1, 0.15) is 28.9 Å². The maximum atomic E-state index is 12.4. The first-order valence-corrected chi connectivity index (χ1v) is 8.24. The Kier molecular flexibility index (Phi) is 4.75. The maximum Gasteiger partial charge on any atom is 0.348 e. The molecule has 2 heterocycles. The van der Waals surface area contributed by atoms with Gasteiger partial charge in [0.2, 0.25) is 5.60 Å². The number of nitrogens with zero attached hydrogens (tertiary/aromatic N) is 2. The van der Waals surface area contributed by atoms with Crippen LogP contribution in [0.2, 0.25) is 0 Å². The summed E-state index contributed by atoms with van der Waals surface area (Å²) in [6.07, 6.45) is 0.316. The number of benzene rings is 1. The lowest BCUT2D eigenvalue weighted by Gasteiger charge is -2.38. The summed E-state index contributed by atoms with van der Waals surface area (Å²) in [6, 6.07) is 9.76. The molecule has 0 saturated carbocycles. The molecule has 0 bridgehead atoms. The number of amides is 1. The second-order valence-corrected chi connectivity index (χ2v) is 6.31. The Morgan fingerprint density at radius 2 is 1.81 bits per heavy atom.